The Kier molecular flexibility index (Phi) is 16.7. The molecule has 0 aromatic rings. The average Bonchev–Trinajstić information content (AvgIpc) is 2.84. The van der Waals surface area contributed by atoms with Gasteiger partial charge in [-0.25, -0.2) is 0 Å². The molecule has 0 bridgehead atoms. The van der Waals surface area contributed by atoms with Crippen LogP contribution in [0.15, 0.2) is 0 Å². The molecule has 10 unspecified atom stereocenters. The van der Waals surface area contributed by atoms with Crippen LogP contribution in [-0.4, -0.2) is 138 Å². The minimum Gasteiger partial charge on any atom is -0.415 e. The molecule has 0 aromatic carbocycles. The van der Waals surface area contributed by atoms with Crippen LogP contribution in [-0.2, 0) is 45.2 Å². The van der Waals surface area contributed by atoms with Crippen molar-refractivity contribution >= 4 is 58.2 Å². The fourth-order valence-corrected chi connectivity index (χ4v) is 12.6. The second kappa shape index (κ2) is 17.7. The third kappa shape index (κ3) is 18.3. The van der Waals surface area contributed by atoms with Gasteiger partial charge < -0.3 is 50.3 Å². The van der Waals surface area contributed by atoms with Crippen LogP contribution in [0.4, 0.5) is 0 Å². The Balaban J connectivity index is 2.76. The molecule has 18 heteroatoms. The summed E-state index contributed by atoms with van der Waals surface area (Å²) in [6.45, 7) is 46.0. The van der Waals surface area contributed by atoms with E-state index in [4.69, 9.17) is 45.2 Å². The molecule has 2 fully saturated rings. The number of ether oxygens (including phenoxy) is 3. The lowest BCUT2D eigenvalue weighted by Crippen LogP contribution is -2.69. The van der Waals surface area contributed by atoms with Crippen molar-refractivity contribution in [1.29, 1.82) is 0 Å². The van der Waals surface area contributed by atoms with Gasteiger partial charge in [-0.15, -0.1) is 0 Å². The Hall–Kier alpha value is 1.08. The molecule has 0 spiro atoms. The van der Waals surface area contributed by atoms with Gasteiger partial charge in [0.05, 0.1) is 13.2 Å². The van der Waals surface area contributed by atoms with Crippen LogP contribution in [0.5, 0.6) is 0 Å². The Morgan fingerprint density at radius 3 is 1.00 bits per heavy atom. The summed E-state index contributed by atoms with van der Waals surface area (Å²) in [6, 6.07) is 0. The standard InChI is InChI=1S/C33H78O11Si7/c1-45(2,3)35-22-24-26(40-47(7,8)9)28(42-49(13,14)15)30(32(34)37-24)39-33-31(44-51(19,20)21)29(43-50(16,17)18)27(41-48(10,11)12)25(38-33)23-36-46(4,5)6/h24-34H,22-23H2,1-21H3. The molecule has 1 N–H and O–H groups in total. The molecule has 51 heavy (non-hydrogen) atoms. The molecule has 0 amide bonds. The van der Waals surface area contributed by atoms with Crippen LogP contribution < -0.4 is 0 Å². The highest BCUT2D eigenvalue weighted by Gasteiger charge is 2.56. The molecule has 10 atom stereocenters. The average molecular weight is 848 g/mol. The summed E-state index contributed by atoms with van der Waals surface area (Å²) in [5.74, 6) is 0. The van der Waals surface area contributed by atoms with Gasteiger partial charge in [-0.3, -0.25) is 0 Å². The van der Waals surface area contributed by atoms with Crippen molar-refractivity contribution in [3.8, 4) is 0 Å². The van der Waals surface area contributed by atoms with Crippen molar-refractivity contribution in [1.82, 2.24) is 0 Å². The first-order valence-corrected chi connectivity index (χ1v) is 42.7. The van der Waals surface area contributed by atoms with E-state index >= 15 is 0 Å². The third-order valence-corrected chi connectivity index (χ3v) is 14.3. The molecule has 2 aliphatic heterocycles. The van der Waals surface area contributed by atoms with Gasteiger partial charge in [0.25, 0.3) is 0 Å². The summed E-state index contributed by atoms with van der Waals surface area (Å²) in [7, 11) is -14.8. The first-order valence-electron chi connectivity index (χ1n) is 18.8. The quantitative estimate of drug-likeness (QED) is 0.138. The maximum atomic E-state index is 11.9. The molecule has 0 aromatic heterocycles. The Labute approximate surface area is 319 Å². The van der Waals surface area contributed by atoms with Gasteiger partial charge in [0, 0.05) is 0 Å². The second-order valence-corrected chi connectivity index (χ2v) is 52.4. The summed E-state index contributed by atoms with van der Waals surface area (Å²) in [4.78, 5) is 0. The van der Waals surface area contributed by atoms with E-state index in [0.29, 0.717) is 13.2 Å². The highest BCUT2D eigenvalue weighted by atomic mass is 28.4. The Morgan fingerprint density at radius 2 is 0.667 bits per heavy atom. The molecule has 11 nitrogen and oxygen atoms in total. The maximum absolute atomic E-state index is 11.9. The maximum Gasteiger partial charge on any atom is 0.186 e. The highest BCUT2D eigenvalue weighted by molar-refractivity contribution is 6.72. The highest BCUT2D eigenvalue weighted by Crippen LogP contribution is 2.38. The van der Waals surface area contributed by atoms with Crippen molar-refractivity contribution in [3.63, 3.8) is 0 Å². The van der Waals surface area contributed by atoms with Gasteiger partial charge in [0.15, 0.2) is 70.8 Å². The summed E-state index contributed by atoms with van der Waals surface area (Å²) in [5, 5.41) is 11.9. The molecule has 0 saturated carbocycles. The van der Waals surface area contributed by atoms with E-state index < -0.39 is 120 Å². The van der Waals surface area contributed by atoms with Crippen LogP contribution in [0.3, 0.4) is 0 Å². The topological polar surface area (TPSA) is 113 Å². The van der Waals surface area contributed by atoms with Crippen molar-refractivity contribution < 1.29 is 50.3 Å². The van der Waals surface area contributed by atoms with Gasteiger partial charge >= 0.3 is 0 Å². The lowest BCUT2D eigenvalue weighted by molar-refractivity contribution is -0.354. The second-order valence-electron chi connectivity index (χ2n) is 21.0. The van der Waals surface area contributed by atoms with Gasteiger partial charge in [-0.05, 0) is 137 Å². The molecule has 2 saturated heterocycles. The fourth-order valence-electron chi connectivity index (χ4n) is 5.83. The van der Waals surface area contributed by atoms with Crippen LogP contribution >= 0.6 is 0 Å². The van der Waals surface area contributed by atoms with Crippen molar-refractivity contribution in [2.45, 2.75) is 199 Å². The van der Waals surface area contributed by atoms with Crippen LogP contribution in [0, 0.1) is 0 Å². The lowest BCUT2D eigenvalue weighted by atomic mass is 9.97. The number of aliphatic hydroxyl groups excluding tert-OH is 1. The Bertz CT molecular complexity index is 1070. The van der Waals surface area contributed by atoms with Gasteiger partial charge in [-0.2, -0.15) is 0 Å². The molecular weight excluding hydrogens is 769 g/mol. The lowest BCUT2D eigenvalue weighted by Gasteiger charge is -2.53. The number of hydrogen-bond donors (Lipinski definition) is 1. The first kappa shape index (κ1) is 48.2. The van der Waals surface area contributed by atoms with Crippen LogP contribution in [0.2, 0.25) is 137 Å². The van der Waals surface area contributed by atoms with E-state index in [1.54, 1.807) is 0 Å². The van der Waals surface area contributed by atoms with E-state index in [-0.39, 0.29) is 0 Å². The van der Waals surface area contributed by atoms with E-state index in [9.17, 15) is 5.11 Å². The van der Waals surface area contributed by atoms with E-state index in [1.807, 2.05) is 0 Å². The van der Waals surface area contributed by atoms with Gasteiger partial charge in [-0.1, -0.05) is 0 Å². The Morgan fingerprint density at radius 1 is 0.373 bits per heavy atom. The van der Waals surface area contributed by atoms with Crippen LogP contribution in [0.1, 0.15) is 0 Å². The minimum absolute atomic E-state index is 0.291. The smallest absolute Gasteiger partial charge is 0.186 e. The molecule has 0 aliphatic carbocycles. The van der Waals surface area contributed by atoms with Crippen molar-refractivity contribution in [2.75, 3.05) is 13.2 Å². The zero-order valence-corrected chi connectivity index (χ0v) is 43.2. The molecule has 0 radical (unpaired) electrons. The predicted molar refractivity (Wildman–Crippen MR) is 224 cm³/mol. The zero-order chi connectivity index (χ0) is 39.8. The third-order valence-electron chi connectivity index (χ3n) is 7.30. The van der Waals surface area contributed by atoms with Crippen molar-refractivity contribution in [2.24, 2.45) is 0 Å². The van der Waals surface area contributed by atoms with Crippen molar-refractivity contribution in [3.05, 3.63) is 0 Å². The molecule has 304 valence electrons. The number of hydrogen-bond acceptors (Lipinski definition) is 11. The molecule has 2 aliphatic rings. The van der Waals surface area contributed by atoms with Gasteiger partial charge in [0.1, 0.15) is 48.8 Å². The largest absolute Gasteiger partial charge is 0.415 e. The summed E-state index contributed by atoms with van der Waals surface area (Å²) < 4.78 is 68.1. The SMILES string of the molecule is C[Si](C)(C)OCC1OC(O)C(OC2OC(CO[Si](C)(C)C)C(O[Si](C)(C)C)C(O[Si](C)(C)C)C2O[Si](C)(C)C)C(O[Si](C)(C)C)C1O[Si](C)(C)C. The normalized spacial score (nSPS) is 32.4. The summed E-state index contributed by atoms with van der Waals surface area (Å²) in [6.07, 6.45) is -7.01. The molecule has 2 rings (SSSR count). The predicted octanol–water partition coefficient (Wildman–Crippen LogP) is 7.62. The number of aliphatic hydroxyl groups is 1. The van der Waals surface area contributed by atoms with E-state index in [1.165, 1.54) is 0 Å². The zero-order valence-electron chi connectivity index (χ0n) is 36.2. The monoisotopic (exact) mass is 846 g/mol. The first-order chi connectivity index (χ1) is 22.5. The summed E-state index contributed by atoms with van der Waals surface area (Å²) in [5.41, 5.74) is 0. The minimum atomic E-state index is -2.23. The number of rotatable bonds is 18. The summed E-state index contributed by atoms with van der Waals surface area (Å²) >= 11 is 0. The molecular formula is C33H78O11Si7. The fraction of sp³-hybridized carbons (Fsp3) is 1.00. The van der Waals surface area contributed by atoms with Gasteiger partial charge in [0.2, 0.25) is 0 Å². The molecule has 2 heterocycles. The van der Waals surface area contributed by atoms with E-state index in [0.717, 1.165) is 0 Å². The van der Waals surface area contributed by atoms with E-state index in [2.05, 4.69) is 137 Å². The van der Waals surface area contributed by atoms with Crippen LogP contribution in [0.25, 0.3) is 0 Å².